The molecule has 1 atom stereocenters. The topological polar surface area (TPSA) is 61.4 Å². The van der Waals surface area contributed by atoms with E-state index in [1.165, 1.54) is 36.5 Å². The minimum atomic E-state index is -0.0469. The molecule has 1 N–H and O–H groups in total. The molecule has 2 amide bonds. The van der Waals surface area contributed by atoms with Crippen molar-refractivity contribution in [3.8, 4) is 10.7 Å². The van der Waals surface area contributed by atoms with E-state index in [0.717, 1.165) is 30.9 Å². The van der Waals surface area contributed by atoms with Gasteiger partial charge in [-0.1, -0.05) is 0 Å². The molecule has 2 aliphatic heterocycles. The molecule has 0 aromatic carbocycles. The maximum absolute atomic E-state index is 12.6. The highest BCUT2D eigenvalue weighted by Gasteiger charge is 2.30. The summed E-state index contributed by atoms with van der Waals surface area (Å²) in [6, 6.07) is 2.54. The number of nitrogens with zero attached hydrogens (tertiary/aromatic N) is 4. The molecule has 2 aromatic heterocycles. The molecule has 0 aliphatic carbocycles. The number of anilines is 1. The van der Waals surface area contributed by atoms with Gasteiger partial charge in [0.25, 0.3) is 0 Å². The zero-order valence-electron chi connectivity index (χ0n) is 13.7. The van der Waals surface area contributed by atoms with Crippen LogP contribution in [0.4, 0.5) is 9.93 Å². The van der Waals surface area contributed by atoms with Crippen molar-refractivity contribution in [3.05, 3.63) is 17.0 Å². The summed E-state index contributed by atoms with van der Waals surface area (Å²) < 4.78 is 4.39. The first kappa shape index (κ1) is 16.0. The Kier molecular flexibility index (Phi) is 4.51. The maximum Gasteiger partial charge on any atom is 0.323 e. The van der Waals surface area contributed by atoms with E-state index in [4.69, 9.17) is 0 Å². The molecule has 0 bridgehead atoms. The highest BCUT2D eigenvalue weighted by Crippen LogP contribution is 2.29. The minimum Gasteiger partial charge on any atom is -0.323 e. The summed E-state index contributed by atoms with van der Waals surface area (Å²) in [5.41, 5.74) is 1.17. The molecule has 2 saturated heterocycles. The molecule has 2 fully saturated rings. The van der Waals surface area contributed by atoms with Crippen LogP contribution in [0.25, 0.3) is 10.7 Å². The van der Waals surface area contributed by atoms with Gasteiger partial charge in [0.2, 0.25) is 5.13 Å². The lowest BCUT2D eigenvalue weighted by atomic mass is 10.2. The highest BCUT2D eigenvalue weighted by molar-refractivity contribution is 7.14. The van der Waals surface area contributed by atoms with Crippen molar-refractivity contribution >= 4 is 34.0 Å². The molecule has 2 aromatic rings. The number of thiophene rings is 1. The second-order valence-electron chi connectivity index (χ2n) is 6.42. The van der Waals surface area contributed by atoms with Crippen molar-refractivity contribution < 1.29 is 4.79 Å². The van der Waals surface area contributed by atoms with E-state index < -0.39 is 0 Å². The third-order valence-corrected chi connectivity index (χ3v) is 6.44. The van der Waals surface area contributed by atoms with Crippen LogP contribution < -0.4 is 5.32 Å². The Hall–Kier alpha value is -1.51. The van der Waals surface area contributed by atoms with Crippen LogP contribution >= 0.6 is 22.9 Å². The van der Waals surface area contributed by atoms with Crippen LogP contribution in [0.1, 0.15) is 24.8 Å². The van der Waals surface area contributed by atoms with E-state index in [9.17, 15) is 4.79 Å². The fourth-order valence-corrected chi connectivity index (χ4v) is 5.01. The Morgan fingerprint density at radius 1 is 1.33 bits per heavy atom. The SMILES string of the molecule is Cc1ccsc1-c1nsc(NC(=O)N2CCCN3CCCC3C2)n1. The Bertz CT molecular complexity index is 728. The molecule has 0 spiro atoms. The zero-order chi connectivity index (χ0) is 16.5. The third-order valence-electron chi connectivity index (χ3n) is 4.80. The molecule has 1 unspecified atom stereocenters. The van der Waals surface area contributed by atoms with Crippen molar-refractivity contribution in [2.45, 2.75) is 32.2 Å². The van der Waals surface area contributed by atoms with Gasteiger partial charge in [-0.05, 0) is 49.7 Å². The van der Waals surface area contributed by atoms with Crippen molar-refractivity contribution in [2.75, 3.05) is 31.5 Å². The van der Waals surface area contributed by atoms with Crippen LogP contribution in [0.15, 0.2) is 11.4 Å². The summed E-state index contributed by atoms with van der Waals surface area (Å²) in [7, 11) is 0. The predicted octanol–water partition coefficient (Wildman–Crippen LogP) is 3.28. The Morgan fingerprint density at radius 2 is 2.21 bits per heavy atom. The van der Waals surface area contributed by atoms with Gasteiger partial charge in [-0.15, -0.1) is 11.3 Å². The number of fused-ring (bicyclic) bond motifs is 1. The number of carbonyl (C=O) groups excluding carboxylic acids is 1. The van der Waals surface area contributed by atoms with E-state index in [0.29, 0.717) is 17.0 Å². The fraction of sp³-hybridized carbons (Fsp3) is 0.562. The van der Waals surface area contributed by atoms with Crippen LogP contribution in [0.3, 0.4) is 0 Å². The van der Waals surface area contributed by atoms with E-state index in [1.54, 1.807) is 11.3 Å². The standard InChI is InChI=1S/C16H21N5OS2/c1-11-5-9-23-13(11)14-17-15(24-19-14)18-16(22)21-8-3-7-20-6-2-4-12(20)10-21/h5,9,12H,2-4,6-8,10H2,1H3,(H,17,18,19,22). The normalized spacial score (nSPS) is 21.5. The lowest BCUT2D eigenvalue weighted by Gasteiger charge is -2.25. The van der Waals surface area contributed by atoms with Crippen LogP contribution in [-0.2, 0) is 0 Å². The quantitative estimate of drug-likeness (QED) is 0.889. The molecule has 24 heavy (non-hydrogen) atoms. The summed E-state index contributed by atoms with van der Waals surface area (Å²) in [4.78, 5) is 22.6. The molecule has 0 radical (unpaired) electrons. The molecule has 2 aliphatic rings. The van der Waals surface area contributed by atoms with E-state index in [-0.39, 0.29) is 6.03 Å². The molecular weight excluding hydrogens is 342 g/mol. The zero-order valence-corrected chi connectivity index (χ0v) is 15.3. The predicted molar refractivity (Wildman–Crippen MR) is 97.8 cm³/mol. The van der Waals surface area contributed by atoms with Crippen molar-refractivity contribution in [1.82, 2.24) is 19.2 Å². The summed E-state index contributed by atoms with van der Waals surface area (Å²) in [5, 5.41) is 5.55. The molecule has 128 valence electrons. The van der Waals surface area contributed by atoms with Gasteiger partial charge in [0.05, 0.1) is 4.88 Å². The Morgan fingerprint density at radius 3 is 3.04 bits per heavy atom. The summed E-state index contributed by atoms with van der Waals surface area (Å²) in [6.45, 7) is 5.97. The van der Waals surface area contributed by atoms with Crippen molar-refractivity contribution in [3.63, 3.8) is 0 Å². The fourth-order valence-electron chi connectivity index (χ4n) is 3.53. The van der Waals surface area contributed by atoms with E-state index in [2.05, 4.69) is 32.6 Å². The molecule has 8 heteroatoms. The molecular formula is C16H21N5OS2. The summed E-state index contributed by atoms with van der Waals surface area (Å²) >= 11 is 2.88. The summed E-state index contributed by atoms with van der Waals surface area (Å²) in [6.07, 6.45) is 3.49. The first-order valence-corrected chi connectivity index (χ1v) is 10.0. The van der Waals surface area contributed by atoms with E-state index >= 15 is 0 Å². The average molecular weight is 364 g/mol. The van der Waals surface area contributed by atoms with Crippen LogP contribution in [-0.4, -0.2) is 57.4 Å². The number of rotatable bonds is 2. The lowest BCUT2D eigenvalue weighted by Crippen LogP contribution is -2.41. The molecule has 6 nitrogen and oxygen atoms in total. The van der Waals surface area contributed by atoms with Gasteiger partial charge in [-0.2, -0.15) is 9.36 Å². The molecule has 4 rings (SSSR count). The molecule has 4 heterocycles. The number of urea groups is 1. The number of amides is 2. The first-order valence-electron chi connectivity index (χ1n) is 8.39. The number of hydrogen-bond acceptors (Lipinski definition) is 6. The van der Waals surface area contributed by atoms with Crippen molar-refractivity contribution in [1.29, 1.82) is 0 Å². The van der Waals surface area contributed by atoms with Gasteiger partial charge < -0.3 is 4.90 Å². The molecule has 0 saturated carbocycles. The van der Waals surface area contributed by atoms with Crippen LogP contribution in [0.2, 0.25) is 0 Å². The Labute approximate surface area is 149 Å². The largest absolute Gasteiger partial charge is 0.323 e. The van der Waals surface area contributed by atoms with Gasteiger partial charge in [0, 0.05) is 37.2 Å². The van der Waals surface area contributed by atoms with Crippen LogP contribution in [0, 0.1) is 6.92 Å². The average Bonchev–Trinajstić information content (AvgIpc) is 3.27. The van der Waals surface area contributed by atoms with Crippen molar-refractivity contribution in [2.24, 2.45) is 0 Å². The summed E-state index contributed by atoms with van der Waals surface area (Å²) in [5.74, 6) is 0.709. The first-order chi connectivity index (χ1) is 11.7. The Balaban J connectivity index is 1.42. The monoisotopic (exact) mass is 363 g/mol. The smallest absolute Gasteiger partial charge is 0.323 e. The third kappa shape index (κ3) is 3.18. The lowest BCUT2D eigenvalue weighted by molar-refractivity contribution is 0.200. The minimum absolute atomic E-state index is 0.0469. The maximum atomic E-state index is 12.6. The highest BCUT2D eigenvalue weighted by atomic mass is 32.1. The second kappa shape index (κ2) is 6.78. The number of nitrogens with one attached hydrogen (secondary N) is 1. The van der Waals surface area contributed by atoms with Gasteiger partial charge in [-0.25, -0.2) is 4.79 Å². The van der Waals surface area contributed by atoms with Gasteiger partial charge in [0.15, 0.2) is 5.82 Å². The van der Waals surface area contributed by atoms with E-state index in [1.807, 2.05) is 10.3 Å². The van der Waals surface area contributed by atoms with Crippen LogP contribution in [0.5, 0.6) is 0 Å². The van der Waals surface area contributed by atoms with Gasteiger partial charge in [-0.3, -0.25) is 10.2 Å². The number of aryl methyl sites for hydroxylation is 1. The van der Waals surface area contributed by atoms with Gasteiger partial charge in [0.1, 0.15) is 0 Å². The number of carbonyl (C=O) groups is 1. The van der Waals surface area contributed by atoms with Gasteiger partial charge >= 0.3 is 6.03 Å². The number of hydrogen-bond donors (Lipinski definition) is 1. The number of aromatic nitrogens is 2. The second-order valence-corrected chi connectivity index (χ2v) is 8.09.